The largest absolute Gasteiger partial charge is 0.350 e. The van der Waals surface area contributed by atoms with Gasteiger partial charge in [0, 0.05) is 31.7 Å². The number of hydrogen-bond acceptors (Lipinski definition) is 3. The molecular weight excluding hydrogens is 386 g/mol. The highest BCUT2D eigenvalue weighted by molar-refractivity contribution is 5.97. The van der Waals surface area contributed by atoms with Crippen LogP contribution in [0.4, 0.5) is 0 Å². The first-order valence-electron chi connectivity index (χ1n) is 11.5. The third-order valence-electron chi connectivity index (χ3n) is 6.47. The smallest absolute Gasteiger partial charge is 0.254 e. The Kier molecular flexibility index (Phi) is 7.03. The maximum absolute atomic E-state index is 12.8. The summed E-state index contributed by atoms with van der Waals surface area (Å²) >= 11 is 0. The van der Waals surface area contributed by atoms with Gasteiger partial charge < -0.3 is 10.2 Å². The lowest BCUT2D eigenvalue weighted by Gasteiger charge is -2.30. The average Bonchev–Trinajstić information content (AvgIpc) is 3.29. The monoisotopic (exact) mass is 419 g/mol. The second kappa shape index (κ2) is 10.1. The molecule has 2 unspecified atom stereocenters. The summed E-state index contributed by atoms with van der Waals surface area (Å²) in [6.07, 6.45) is 4.21. The summed E-state index contributed by atoms with van der Waals surface area (Å²) in [6, 6.07) is 17.4. The molecule has 2 aliphatic heterocycles. The predicted molar refractivity (Wildman–Crippen MR) is 122 cm³/mol. The molecule has 0 spiro atoms. The van der Waals surface area contributed by atoms with E-state index in [-0.39, 0.29) is 17.9 Å². The van der Waals surface area contributed by atoms with Gasteiger partial charge in [0.15, 0.2) is 0 Å². The molecule has 0 radical (unpaired) electrons. The molecule has 2 aromatic carbocycles. The summed E-state index contributed by atoms with van der Waals surface area (Å²) in [5, 5.41) is 3.04. The number of carbonyl (C=O) groups is 2. The van der Waals surface area contributed by atoms with Crippen LogP contribution in [0.15, 0.2) is 54.6 Å². The van der Waals surface area contributed by atoms with E-state index in [1.807, 2.05) is 30.3 Å². The summed E-state index contributed by atoms with van der Waals surface area (Å²) in [5.74, 6) is 0.662. The third-order valence-corrected chi connectivity index (χ3v) is 6.47. The lowest BCUT2D eigenvalue weighted by Crippen LogP contribution is -2.45. The molecule has 2 atom stereocenters. The first kappa shape index (κ1) is 21.6. The molecule has 1 N–H and O–H groups in total. The van der Waals surface area contributed by atoms with Crippen LogP contribution in [-0.4, -0.2) is 47.3 Å². The number of piperidine rings is 1. The van der Waals surface area contributed by atoms with Crippen LogP contribution in [0.25, 0.3) is 0 Å². The van der Waals surface area contributed by atoms with E-state index in [1.54, 1.807) is 4.90 Å². The number of nitrogens with one attached hydrogen (secondary N) is 1. The topological polar surface area (TPSA) is 52.7 Å². The number of hydrogen-bond donors (Lipinski definition) is 1. The van der Waals surface area contributed by atoms with Gasteiger partial charge in [0.2, 0.25) is 5.91 Å². The fraction of sp³-hybridized carbons (Fsp3) is 0.462. The molecule has 2 saturated heterocycles. The van der Waals surface area contributed by atoms with E-state index in [9.17, 15) is 9.59 Å². The van der Waals surface area contributed by atoms with Gasteiger partial charge in [0.25, 0.3) is 5.91 Å². The number of amides is 2. The van der Waals surface area contributed by atoms with Crippen LogP contribution in [-0.2, 0) is 17.9 Å². The highest BCUT2D eigenvalue weighted by Crippen LogP contribution is 2.21. The standard InChI is InChI=1S/C26H33N3O2/c1-20-7-5-15-28(18-20)19-22-13-11-21(12-14-22)17-27-25(30)24-10-6-16-29(24)26(31)23-8-3-2-4-9-23/h2-4,8-9,11-14,20,24H,5-7,10,15-19H2,1H3,(H,27,30). The second-order valence-corrected chi connectivity index (χ2v) is 9.04. The van der Waals surface area contributed by atoms with E-state index in [1.165, 1.54) is 31.5 Å². The van der Waals surface area contributed by atoms with Gasteiger partial charge in [-0.2, -0.15) is 0 Å². The molecule has 5 nitrogen and oxygen atoms in total. The Bertz CT molecular complexity index is 881. The first-order chi connectivity index (χ1) is 15.1. The van der Waals surface area contributed by atoms with Crippen molar-refractivity contribution >= 4 is 11.8 Å². The Balaban J connectivity index is 1.29. The van der Waals surface area contributed by atoms with Crippen molar-refractivity contribution in [3.63, 3.8) is 0 Å². The van der Waals surface area contributed by atoms with E-state index < -0.39 is 0 Å². The Morgan fingerprint density at radius 3 is 2.39 bits per heavy atom. The molecule has 4 rings (SSSR count). The van der Waals surface area contributed by atoms with E-state index in [4.69, 9.17) is 0 Å². The maximum Gasteiger partial charge on any atom is 0.254 e. The van der Waals surface area contributed by atoms with Gasteiger partial charge in [-0.25, -0.2) is 0 Å². The van der Waals surface area contributed by atoms with Crippen molar-refractivity contribution in [3.05, 3.63) is 71.3 Å². The molecule has 31 heavy (non-hydrogen) atoms. The molecule has 2 aliphatic rings. The van der Waals surface area contributed by atoms with E-state index >= 15 is 0 Å². The lowest BCUT2D eigenvalue weighted by atomic mass is 9.99. The summed E-state index contributed by atoms with van der Waals surface area (Å²) in [5.41, 5.74) is 3.04. The lowest BCUT2D eigenvalue weighted by molar-refractivity contribution is -0.125. The fourth-order valence-corrected chi connectivity index (χ4v) is 4.79. The van der Waals surface area contributed by atoms with Crippen molar-refractivity contribution in [2.24, 2.45) is 5.92 Å². The van der Waals surface area contributed by atoms with Gasteiger partial charge >= 0.3 is 0 Å². The van der Waals surface area contributed by atoms with Gasteiger partial charge in [-0.15, -0.1) is 0 Å². The van der Waals surface area contributed by atoms with Gasteiger partial charge in [-0.3, -0.25) is 14.5 Å². The Hall–Kier alpha value is -2.66. The van der Waals surface area contributed by atoms with Gasteiger partial charge in [-0.1, -0.05) is 49.4 Å². The predicted octanol–water partition coefficient (Wildman–Crippen LogP) is 3.84. The molecule has 0 aliphatic carbocycles. The zero-order valence-corrected chi connectivity index (χ0v) is 18.4. The molecule has 0 saturated carbocycles. The summed E-state index contributed by atoms with van der Waals surface area (Å²) < 4.78 is 0. The zero-order valence-electron chi connectivity index (χ0n) is 18.4. The van der Waals surface area contributed by atoms with Crippen molar-refractivity contribution in [2.45, 2.75) is 51.7 Å². The molecule has 164 valence electrons. The van der Waals surface area contributed by atoms with Crippen LogP contribution in [0.5, 0.6) is 0 Å². The quantitative estimate of drug-likeness (QED) is 0.774. The van der Waals surface area contributed by atoms with E-state index in [2.05, 4.69) is 41.4 Å². The van der Waals surface area contributed by atoms with Gasteiger partial charge in [-0.05, 0) is 61.4 Å². The van der Waals surface area contributed by atoms with Crippen LogP contribution in [0.2, 0.25) is 0 Å². The van der Waals surface area contributed by atoms with Crippen LogP contribution in [0.3, 0.4) is 0 Å². The molecule has 2 fully saturated rings. The minimum absolute atomic E-state index is 0.0605. The zero-order chi connectivity index (χ0) is 21.6. The number of carbonyl (C=O) groups excluding carboxylic acids is 2. The van der Waals surface area contributed by atoms with Crippen molar-refractivity contribution in [1.82, 2.24) is 15.1 Å². The number of nitrogens with zero attached hydrogens (tertiary/aromatic N) is 2. The Morgan fingerprint density at radius 2 is 1.65 bits per heavy atom. The van der Waals surface area contributed by atoms with Crippen molar-refractivity contribution < 1.29 is 9.59 Å². The first-order valence-corrected chi connectivity index (χ1v) is 11.5. The van der Waals surface area contributed by atoms with Crippen LogP contribution in [0.1, 0.15) is 54.1 Å². The molecule has 2 heterocycles. The van der Waals surface area contributed by atoms with Crippen molar-refractivity contribution in [2.75, 3.05) is 19.6 Å². The number of benzene rings is 2. The number of rotatable bonds is 6. The Morgan fingerprint density at radius 1 is 0.935 bits per heavy atom. The van der Waals surface area contributed by atoms with Gasteiger partial charge in [0.05, 0.1) is 0 Å². The van der Waals surface area contributed by atoms with E-state index in [0.29, 0.717) is 18.7 Å². The third kappa shape index (κ3) is 5.53. The Labute approximate surface area is 185 Å². The summed E-state index contributed by atoms with van der Waals surface area (Å²) in [7, 11) is 0. The minimum Gasteiger partial charge on any atom is -0.350 e. The number of likely N-dealkylation sites (tertiary alicyclic amines) is 2. The highest BCUT2D eigenvalue weighted by Gasteiger charge is 2.34. The maximum atomic E-state index is 12.8. The summed E-state index contributed by atoms with van der Waals surface area (Å²) in [4.78, 5) is 29.9. The molecule has 0 aromatic heterocycles. The van der Waals surface area contributed by atoms with Gasteiger partial charge in [0.1, 0.15) is 6.04 Å². The minimum atomic E-state index is -0.381. The van der Waals surface area contributed by atoms with Crippen LogP contribution >= 0.6 is 0 Å². The molecular formula is C26H33N3O2. The molecule has 0 bridgehead atoms. The molecule has 5 heteroatoms. The normalized spacial score (nSPS) is 21.8. The molecule has 2 amide bonds. The van der Waals surface area contributed by atoms with Crippen LogP contribution < -0.4 is 5.32 Å². The molecule has 2 aromatic rings. The fourth-order valence-electron chi connectivity index (χ4n) is 4.79. The van der Waals surface area contributed by atoms with Crippen LogP contribution in [0, 0.1) is 5.92 Å². The summed E-state index contributed by atoms with van der Waals surface area (Å²) in [6.45, 7) is 6.81. The SMILES string of the molecule is CC1CCCN(Cc2ccc(CNC(=O)C3CCCN3C(=O)c3ccccc3)cc2)C1. The highest BCUT2D eigenvalue weighted by atomic mass is 16.2. The second-order valence-electron chi connectivity index (χ2n) is 9.04. The van der Waals surface area contributed by atoms with Crippen molar-refractivity contribution in [3.8, 4) is 0 Å². The van der Waals surface area contributed by atoms with Crippen molar-refractivity contribution in [1.29, 1.82) is 0 Å². The van der Waals surface area contributed by atoms with E-state index in [0.717, 1.165) is 30.9 Å². The average molecular weight is 420 g/mol.